The van der Waals surface area contributed by atoms with E-state index in [0.29, 0.717) is 16.5 Å². The predicted molar refractivity (Wildman–Crippen MR) is 123 cm³/mol. The Hall–Kier alpha value is -3.13. The molecule has 0 radical (unpaired) electrons. The summed E-state index contributed by atoms with van der Waals surface area (Å²) in [6.45, 7) is 8.00. The maximum Gasteiger partial charge on any atom is 0.251 e. The van der Waals surface area contributed by atoms with Gasteiger partial charge in [0.05, 0.1) is 11.8 Å². The van der Waals surface area contributed by atoms with Gasteiger partial charge in [0, 0.05) is 11.3 Å². The van der Waals surface area contributed by atoms with Crippen molar-refractivity contribution in [1.82, 2.24) is 20.5 Å². The monoisotopic (exact) mass is 437 g/mol. The molecule has 0 aliphatic rings. The highest BCUT2D eigenvalue weighted by Gasteiger charge is 2.23. The molecule has 1 heterocycles. The van der Waals surface area contributed by atoms with Crippen molar-refractivity contribution in [3.8, 4) is 0 Å². The number of anilines is 1. The second-order valence-corrected chi connectivity index (χ2v) is 8.59. The lowest BCUT2D eigenvalue weighted by Gasteiger charge is -2.19. The molecular weight excluding hydrogens is 410 g/mol. The molecule has 0 spiro atoms. The second kappa shape index (κ2) is 10.3. The third kappa shape index (κ3) is 5.95. The van der Waals surface area contributed by atoms with Crippen LogP contribution >= 0.6 is 11.8 Å². The smallest absolute Gasteiger partial charge is 0.251 e. The minimum atomic E-state index is -0.321. The highest BCUT2D eigenvalue weighted by atomic mass is 32.2. The van der Waals surface area contributed by atoms with Gasteiger partial charge in [-0.15, -0.1) is 5.10 Å². The summed E-state index contributed by atoms with van der Waals surface area (Å²) in [7, 11) is 0. The van der Waals surface area contributed by atoms with E-state index in [9.17, 15) is 9.59 Å². The first-order valence-corrected chi connectivity index (χ1v) is 11.1. The van der Waals surface area contributed by atoms with Crippen LogP contribution in [0.5, 0.6) is 0 Å². The Balaban J connectivity index is 1.60. The molecule has 3 aromatic rings. The summed E-state index contributed by atoms with van der Waals surface area (Å²) in [4.78, 5) is 29.4. The largest absolute Gasteiger partial charge is 0.342 e. The first-order chi connectivity index (χ1) is 14.8. The molecule has 0 aliphatic carbocycles. The van der Waals surface area contributed by atoms with Gasteiger partial charge >= 0.3 is 0 Å². The maximum absolute atomic E-state index is 12.5. The van der Waals surface area contributed by atoms with Crippen molar-refractivity contribution >= 4 is 29.3 Å². The van der Waals surface area contributed by atoms with Crippen LogP contribution in [0, 0.1) is 19.8 Å². The summed E-state index contributed by atoms with van der Waals surface area (Å²) in [5.74, 6) is 0.566. The molecule has 1 atom stereocenters. The van der Waals surface area contributed by atoms with Crippen molar-refractivity contribution in [2.24, 2.45) is 5.92 Å². The molecule has 2 aromatic carbocycles. The van der Waals surface area contributed by atoms with E-state index in [4.69, 9.17) is 0 Å². The Labute approximate surface area is 186 Å². The summed E-state index contributed by atoms with van der Waals surface area (Å²) in [6, 6.07) is 14.5. The van der Waals surface area contributed by atoms with Crippen molar-refractivity contribution in [3.63, 3.8) is 0 Å². The van der Waals surface area contributed by atoms with E-state index in [1.54, 1.807) is 12.1 Å². The number of aromatic amines is 1. The van der Waals surface area contributed by atoms with Crippen molar-refractivity contribution in [1.29, 1.82) is 0 Å². The van der Waals surface area contributed by atoms with Gasteiger partial charge < -0.3 is 10.6 Å². The number of hydrogen-bond donors (Lipinski definition) is 3. The Morgan fingerprint density at radius 1 is 1.06 bits per heavy atom. The van der Waals surface area contributed by atoms with E-state index in [1.165, 1.54) is 11.8 Å². The summed E-state index contributed by atoms with van der Waals surface area (Å²) in [6.07, 6.45) is 0. The topological polar surface area (TPSA) is 99.8 Å². The standard InChI is InChI=1S/C23H27N5O2S/c1-14(2)20(25-22(30)17-10-6-5-7-11-17)21-26-23(28-27-21)31-13-19(29)24-18-12-8-9-15(3)16(18)4/h5-12,14,20H,13H2,1-4H3,(H,24,29)(H,25,30)(H,26,27,28). The number of nitrogens with one attached hydrogen (secondary N) is 3. The van der Waals surface area contributed by atoms with Crippen LogP contribution in [0.2, 0.25) is 0 Å². The van der Waals surface area contributed by atoms with Crippen LogP contribution in [0.1, 0.15) is 47.2 Å². The zero-order valence-corrected chi connectivity index (χ0v) is 18.9. The summed E-state index contributed by atoms with van der Waals surface area (Å²) in [5.41, 5.74) is 3.58. The lowest BCUT2D eigenvalue weighted by atomic mass is 10.0. The molecule has 8 heteroatoms. The number of aromatic nitrogens is 3. The molecule has 0 saturated heterocycles. The van der Waals surface area contributed by atoms with Gasteiger partial charge in [0.25, 0.3) is 5.91 Å². The van der Waals surface area contributed by atoms with Gasteiger partial charge in [0.1, 0.15) is 5.82 Å². The summed E-state index contributed by atoms with van der Waals surface area (Å²) >= 11 is 1.24. The van der Waals surface area contributed by atoms with Crippen molar-refractivity contribution in [2.45, 2.75) is 38.9 Å². The Morgan fingerprint density at radius 2 is 1.81 bits per heavy atom. The van der Waals surface area contributed by atoms with Crippen molar-refractivity contribution in [3.05, 3.63) is 71.0 Å². The average molecular weight is 438 g/mol. The fourth-order valence-electron chi connectivity index (χ4n) is 3.03. The quantitative estimate of drug-likeness (QED) is 0.457. The average Bonchev–Trinajstić information content (AvgIpc) is 3.22. The van der Waals surface area contributed by atoms with Gasteiger partial charge in [-0.05, 0) is 49.1 Å². The van der Waals surface area contributed by atoms with Gasteiger partial charge in [-0.2, -0.15) is 0 Å². The molecule has 0 bridgehead atoms. The van der Waals surface area contributed by atoms with Gasteiger partial charge in [-0.1, -0.05) is 55.9 Å². The molecule has 162 valence electrons. The van der Waals surface area contributed by atoms with Gasteiger partial charge in [0.15, 0.2) is 0 Å². The minimum absolute atomic E-state index is 0.103. The molecule has 1 unspecified atom stereocenters. The summed E-state index contributed by atoms with van der Waals surface area (Å²) in [5, 5.41) is 13.5. The van der Waals surface area contributed by atoms with E-state index >= 15 is 0 Å². The van der Waals surface area contributed by atoms with Crippen LogP contribution in [0.15, 0.2) is 53.7 Å². The molecule has 3 N–H and O–H groups in total. The Kier molecular flexibility index (Phi) is 7.46. The fraction of sp³-hybridized carbons (Fsp3) is 0.304. The number of thioether (sulfide) groups is 1. The van der Waals surface area contributed by atoms with Crippen LogP contribution in [-0.2, 0) is 4.79 Å². The number of carbonyl (C=O) groups is 2. The van der Waals surface area contributed by atoms with E-state index in [2.05, 4.69) is 25.8 Å². The van der Waals surface area contributed by atoms with Gasteiger partial charge in [-0.25, -0.2) is 4.98 Å². The van der Waals surface area contributed by atoms with E-state index in [-0.39, 0.29) is 29.5 Å². The number of rotatable bonds is 8. The van der Waals surface area contributed by atoms with Gasteiger partial charge in [-0.3, -0.25) is 14.7 Å². The highest BCUT2D eigenvalue weighted by Crippen LogP contribution is 2.23. The zero-order valence-electron chi connectivity index (χ0n) is 18.1. The number of nitrogens with zero attached hydrogens (tertiary/aromatic N) is 2. The zero-order chi connectivity index (χ0) is 22.4. The number of amides is 2. The minimum Gasteiger partial charge on any atom is -0.342 e. The van der Waals surface area contributed by atoms with E-state index in [0.717, 1.165) is 16.8 Å². The number of H-pyrrole nitrogens is 1. The van der Waals surface area contributed by atoms with Crippen molar-refractivity contribution in [2.75, 3.05) is 11.1 Å². The Morgan fingerprint density at radius 3 is 2.52 bits per heavy atom. The first-order valence-electron chi connectivity index (χ1n) is 10.1. The molecule has 31 heavy (non-hydrogen) atoms. The molecule has 0 fully saturated rings. The third-order valence-corrected chi connectivity index (χ3v) is 5.82. The number of carbonyl (C=O) groups excluding carboxylic acids is 2. The predicted octanol–water partition coefficient (Wildman–Crippen LogP) is 4.28. The van der Waals surface area contributed by atoms with Crippen LogP contribution in [-0.4, -0.2) is 32.7 Å². The van der Waals surface area contributed by atoms with Gasteiger partial charge in [0.2, 0.25) is 11.1 Å². The lowest BCUT2D eigenvalue weighted by molar-refractivity contribution is -0.113. The molecular formula is C23H27N5O2S. The number of hydrogen-bond acceptors (Lipinski definition) is 5. The molecule has 0 saturated carbocycles. The molecule has 7 nitrogen and oxygen atoms in total. The normalized spacial score (nSPS) is 11.9. The molecule has 2 amide bonds. The first kappa shape index (κ1) is 22.6. The van der Waals surface area contributed by atoms with Crippen LogP contribution in [0.4, 0.5) is 5.69 Å². The van der Waals surface area contributed by atoms with Crippen LogP contribution < -0.4 is 10.6 Å². The number of aryl methyl sites for hydroxylation is 1. The highest BCUT2D eigenvalue weighted by molar-refractivity contribution is 7.99. The molecule has 0 aliphatic heterocycles. The lowest BCUT2D eigenvalue weighted by Crippen LogP contribution is -2.32. The Bertz CT molecular complexity index is 1050. The summed E-state index contributed by atoms with van der Waals surface area (Å²) < 4.78 is 0. The molecule has 3 rings (SSSR count). The SMILES string of the molecule is Cc1cccc(NC(=O)CSc2n[nH]c(C(NC(=O)c3ccccc3)C(C)C)n2)c1C. The van der Waals surface area contributed by atoms with Crippen LogP contribution in [0.3, 0.4) is 0 Å². The van der Waals surface area contributed by atoms with E-state index in [1.807, 2.05) is 64.1 Å². The fourth-order valence-corrected chi connectivity index (χ4v) is 3.63. The number of benzene rings is 2. The van der Waals surface area contributed by atoms with Crippen LogP contribution in [0.25, 0.3) is 0 Å². The van der Waals surface area contributed by atoms with Crippen molar-refractivity contribution < 1.29 is 9.59 Å². The second-order valence-electron chi connectivity index (χ2n) is 7.65. The molecule has 1 aromatic heterocycles. The maximum atomic E-state index is 12.5. The van der Waals surface area contributed by atoms with E-state index < -0.39 is 0 Å². The third-order valence-electron chi connectivity index (χ3n) is 4.98.